The van der Waals surface area contributed by atoms with Gasteiger partial charge in [0.2, 0.25) is 10.0 Å². The van der Waals surface area contributed by atoms with Crippen molar-refractivity contribution in [2.75, 3.05) is 0 Å². The first-order valence-electron chi connectivity index (χ1n) is 5.96. The summed E-state index contributed by atoms with van der Waals surface area (Å²) < 4.78 is 26.8. The molecular formula is C14H14ClNO3S. The predicted molar refractivity (Wildman–Crippen MR) is 77.8 cm³/mol. The van der Waals surface area contributed by atoms with E-state index in [0.717, 1.165) is 5.56 Å². The largest absolute Gasteiger partial charge is 0.392 e. The standard InChI is InChI=1S/C14H14ClNO3S/c15-13-7-3-4-8-14(13)20(18,19)16-9-11-5-1-2-6-12(11)10-17/h1-8,16-17H,9-10H2. The number of rotatable bonds is 5. The Labute approximate surface area is 123 Å². The minimum atomic E-state index is -3.68. The van der Waals surface area contributed by atoms with Crippen molar-refractivity contribution in [2.45, 2.75) is 18.0 Å². The molecule has 4 nitrogen and oxygen atoms in total. The van der Waals surface area contributed by atoms with Crippen LogP contribution in [0.1, 0.15) is 11.1 Å². The van der Waals surface area contributed by atoms with E-state index >= 15 is 0 Å². The lowest BCUT2D eigenvalue weighted by atomic mass is 10.1. The third-order valence-electron chi connectivity index (χ3n) is 2.87. The third kappa shape index (κ3) is 3.37. The van der Waals surface area contributed by atoms with Crippen LogP contribution in [0.3, 0.4) is 0 Å². The second-order valence-electron chi connectivity index (χ2n) is 4.18. The molecule has 2 N–H and O–H groups in total. The first kappa shape index (κ1) is 15.0. The molecular weight excluding hydrogens is 298 g/mol. The molecule has 2 aromatic carbocycles. The number of hydrogen-bond acceptors (Lipinski definition) is 3. The Morgan fingerprint density at radius 1 is 1.00 bits per heavy atom. The van der Waals surface area contributed by atoms with Gasteiger partial charge in [-0.2, -0.15) is 0 Å². The molecule has 0 heterocycles. The summed E-state index contributed by atoms with van der Waals surface area (Å²) in [6, 6.07) is 13.3. The maximum absolute atomic E-state index is 12.2. The van der Waals surface area contributed by atoms with Gasteiger partial charge < -0.3 is 5.11 Å². The van der Waals surface area contributed by atoms with E-state index in [2.05, 4.69) is 4.72 Å². The van der Waals surface area contributed by atoms with Crippen molar-refractivity contribution in [3.05, 3.63) is 64.7 Å². The van der Waals surface area contributed by atoms with Crippen molar-refractivity contribution >= 4 is 21.6 Å². The van der Waals surface area contributed by atoms with Crippen molar-refractivity contribution in [3.63, 3.8) is 0 Å². The summed E-state index contributed by atoms with van der Waals surface area (Å²) in [6.45, 7) is -0.0334. The van der Waals surface area contributed by atoms with E-state index in [1.54, 1.807) is 36.4 Å². The predicted octanol–water partition coefficient (Wildman–Crippen LogP) is 2.31. The fourth-order valence-electron chi connectivity index (χ4n) is 1.80. The number of nitrogens with one attached hydrogen (secondary N) is 1. The fraction of sp³-hybridized carbons (Fsp3) is 0.143. The molecule has 0 aliphatic rings. The highest BCUT2D eigenvalue weighted by atomic mass is 35.5. The average Bonchev–Trinajstić information content (AvgIpc) is 2.46. The summed E-state index contributed by atoms with van der Waals surface area (Å²) in [7, 11) is -3.68. The van der Waals surface area contributed by atoms with Gasteiger partial charge >= 0.3 is 0 Å². The smallest absolute Gasteiger partial charge is 0.242 e. The molecule has 0 fully saturated rings. The molecule has 6 heteroatoms. The van der Waals surface area contributed by atoms with E-state index < -0.39 is 10.0 Å². The molecule has 2 aromatic rings. The van der Waals surface area contributed by atoms with Crippen LogP contribution in [-0.2, 0) is 23.2 Å². The van der Waals surface area contributed by atoms with Crippen LogP contribution in [0.15, 0.2) is 53.4 Å². The molecule has 2 rings (SSSR count). The minimum Gasteiger partial charge on any atom is -0.392 e. The van der Waals surface area contributed by atoms with Crippen LogP contribution < -0.4 is 4.72 Å². The Bertz CT molecular complexity index is 701. The van der Waals surface area contributed by atoms with Gasteiger partial charge in [0.25, 0.3) is 0 Å². The van der Waals surface area contributed by atoms with Crippen molar-refractivity contribution in [1.29, 1.82) is 0 Å². The molecule has 20 heavy (non-hydrogen) atoms. The van der Waals surface area contributed by atoms with Crippen LogP contribution in [0, 0.1) is 0 Å². The lowest BCUT2D eigenvalue weighted by molar-refractivity contribution is 0.280. The summed E-state index contributed by atoms with van der Waals surface area (Å²) >= 11 is 5.89. The van der Waals surface area contributed by atoms with E-state index in [4.69, 9.17) is 11.6 Å². The Kier molecular flexibility index (Phi) is 4.77. The van der Waals surface area contributed by atoms with Crippen molar-refractivity contribution < 1.29 is 13.5 Å². The monoisotopic (exact) mass is 311 g/mol. The van der Waals surface area contributed by atoms with Gasteiger partial charge in [0.05, 0.1) is 11.6 Å². The highest BCUT2D eigenvalue weighted by Gasteiger charge is 2.17. The Balaban J connectivity index is 2.20. The quantitative estimate of drug-likeness (QED) is 0.890. The van der Waals surface area contributed by atoms with E-state index in [-0.39, 0.29) is 23.1 Å². The van der Waals surface area contributed by atoms with Crippen LogP contribution in [0.4, 0.5) is 0 Å². The molecule has 0 saturated heterocycles. The van der Waals surface area contributed by atoms with Crippen LogP contribution in [-0.4, -0.2) is 13.5 Å². The summed E-state index contributed by atoms with van der Waals surface area (Å²) in [5.74, 6) is 0. The molecule has 0 aromatic heterocycles. The van der Waals surface area contributed by atoms with Gasteiger partial charge in [-0.05, 0) is 23.3 Å². The number of sulfonamides is 1. The molecule has 0 radical (unpaired) electrons. The molecule has 0 bridgehead atoms. The number of aliphatic hydroxyl groups excluding tert-OH is 1. The van der Waals surface area contributed by atoms with Crippen molar-refractivity contribution in [3.8, 4) is 0 Å². The summed E-state index contributed by atoms with van der Waals surface area (Å²) in [5.41, 5.74) is 1.42. The van der Waals surface area contributed by atoms with E-state index in [1.165, 1.54) is 12.1 Å². The molecule has 0 amide bonds. The third-order valence-corrected chi connectivity index (χ3v) is 4.77. The van der Waals surface area contributed by atoms with Crippen molar-refractivity contribution in [1.82, 2.24) is 4.72 Å². The van der Waals surface area contributed by atoms with Crippen molar-refractivity contribution in [2.24, 2.45) is 0 Å². The number of hydrogen-bond donors (Lipinski definition) is 2. The summed E-state index contributed by atoms with van der Waals surface area (Å²) in [4.78, 5) is 0.0446. The number of aliphatic hydroxyl groups is 1. The topological polar surface area (TPSA) is 66.4 Å². The maximum Gasteiger partial charge on any atom is 0.242 e. The molecule has 0 saturated carbocycles. The highest BCUT2D eigenvalue weighted by Crippen LogP contribution is 2.20. The second kappa shape index (κ2) is 6.37. The first-order valence-corrected chi connectivity index (χ1v) is 7.82. The zero-order valence-corrected chi connectivity index (χ0v) is 12.2. The molecule has 0 aliphatic heterocycles. The number of halogens is 1. The van der Waals surface area contributed by atoms with Gasteiger partial charge in [-0.1, -0.05) is 48.0 Å². The minimum absolute atomic E-state index is 0.0446. The van der Waals surface area contributed by atoms with Gasteiger partial charge in [-0.25, -0.2) is 13.1 Å². The van der Waals surface area contributed by atoms with Gasteiger partial charge in [-0.15, -0.1) is 0 Å². The van der Waals surface area contributed by atoms with E-state index in [0.29, 0.717) is 5.56 Å². The average molecular weight is 312 g/mol. The molecule has 0 atom stereocenters. The Morgan fingerprint density at radius 2 is 1.60 bits per heavy atom. The van der Waals surface area contributed by atoms with E-state index in [9.17, 15) is 13.5 Å². The summed E-state index contributed by atoms with van der Waals surface area (Å²) in [5, 5.41) is 9.39. The molecule has 0 unspecified atom stereocenters. The number of benzene rings is 2. The van der Waals surface area contributed by atoms with Crippen LogP contribution >= 0.6 is 11.6 Å². The van der Waals surface area contributed by atoms with Gasteiger partial charge in [0.15, 0.2) is 0 Å². The highest BCUT2D eigenvalue weighted by molar-refractivity contribution is 7.89. The SMILES string of the molecule is O=S(=O)(NCc1ccccc1CO)c1ccccc1Cl. The molecule has 106 valence electrons. The maximum atomic E-state index is 12.2. The van der Waals surface area contributed by atoms with Crippen LogP contribution in [0.25, 0.3) is 0 Å². The zero-order valence-electron chi connectivity index (χ0n) is 10.6. The fourth-order valence-corrected chi connectivity index (χ4v) is 3.32. The Morgan fingerprint density at radius 3 is 2.25 bits per heavy atom. The molecule has 0 spiro atoms. The summed E-state index contributed by atoms with van der Waals surface area (Å²) in [6.07, 6.45) is 0. The lowest BCUT2D eigenvalue weighted by Crippen LogP contribution is -2.24. The first-order chi connectivity index (χ1) is 9.54. The van der Waals surface area contributed by atoms with Gasteiger partial charge in [0.1, 0.15) is 4.90 Å². The lowest BCUT2D eigenvalue weighted by Gasteiger charge is -2.10. The normalized spacial score (nSPS) is 11.5. The second-order valence-corrected chi connectivity index (χ2v) is 6.32. The van der Waals surface area contributed by atoms with Gasteiger partial charge in [0, 0.05) is 6.54 Å². The van der Waals surface area contributed by atoms with E-state index in [1.807, 2.05) is 0 Å². The zero-order chi connectivity index (χ0) is 14.6. The molecule has 0 aliphatic carbocycles. The van der Waals surface area contributed by atoms with Crippen LogP contribution in [0.2, 0.25) is 5.02 Å². The van der Waals surface area contributed by atoms with Gasteiger partial charge in [-0.3, -0.25) is 0 Å². The Hall–Kier alpha value is -1.40. The van der Waals surface area contributed by atoms with Crippen LogP contribution in [0.5, 0.6) is 0 Å².